The Morgan fingerprint density at radius 3 is 2.79 bits per heavy atom. The van der Waals surface area contributed by atoms with Gasteiger partial charge in [0.2, 0.25) is 5.91 Å². The molecule has 0 atom stereocenters. The zero-order valence-electron chi connectivity index (χ0n) is 19.3. The van der Waals surface area contributed by atoms with E-state index in [0.29, 0.717) is 23.9 Å². The lowest BCUT2D eigenvalue weighted by molar-refractivity contribution is -0.111. The molecule has 1 saturated heterocycles. The standard InChI is InChI=1S/C25H29BrN6O2/c1-3-24(33)30-22-15-20-21(27-17-28-25(20)29-19-7-4-6-18(26)14-19)16-23(22)34-13-5-8-32-11-9-31(2)10-12-32/h3-4,6-7,14-17H,1,5,8-13H2,2H3,(H,30,33)(H,27,28,29). The van der Waals surface area contributed by atoms with Gasteiger partial charge in [0, 0.05) is 54.3 Å². The zero-order valence-corrected chi connectivity index (χ0v) is 20.8. The second-order valence-corrected chi connectivity index (χ2v) is 9.18. The molecule has 1 aliphatic rings. The number of hydrogen-bond acceptors (Lipinski definition) is 7. The normalized spacial score (nSPS) is 14.6. The monoisotopic (exact) mass is 524 g/mol. The first-order valence-electron chi connectivity index (χ1n) is 11.3. The molecule has 2 N–H and O–H groups in total. The van der Waals surface area contributed by atoms with Crippen LogP contribution in [-0.2, 0) is 4.79 Å². The Bertz CT molecular complexity index is 1160. The Hall–Kier alpha value is -3.01. The fourth-order valence-corrected chi connectivity index (χ4v) is 4.23. The maximum atomic E-state index is 12.1. The number of fused-ring (bicyclic) bond motifs is 1. The molecule has 9 heteroatoms. The third-order valence-electron chi connectivity index (χ3n) is 5.74. The summed E-state index contributed by atoms with van der Waals surface area (Å²) in [5.74, 6) is 0.909. The van der Waals surface area contributed by atoms with Crippen molar-refractivity contribution < 1.29 is 9.53 Å². The third-order valence-corrected chi connectivity index (χ3v) is 6.23. The number of anilines is 3. The summed E-state index contributed by atoms with van der Waals surface area (Å²) >= 11 is 3.49. The van der Waals surface area contributed by atoms with E-state index in [1.54, 1.807) is 0 Å². The number of carbonyl (C=O) groups excluding carboxylic acids is 1. The Morgan fingerprint density at radius 1 is 1.21 bits per heavy atom. The zero-order chi connectivity index (χ0) is 23.9. The number of benzene rings is 2. The van der Waals surface area contributed by atoms with Crippen LogP contribution >= 0.6 is 15.9 Å². The fraction of sp³-hybridized carbons (Fsp3) is 0.320. The van der Waals surface area contributed by atoms with Gasteiger partial charge in [-0.15, -0.1) is 0 Å². The summed E-state index contributed by atoms with van der Waals surface area (Å²) in [6.07, 6.45) is 3.65. The SMILES string of the molecule is C=CC(=O)Nc1cc2c(Nc3cccc(Br)c3)ncnc2cc1OCCCN1CCN(C)CC1. The molecular formula is C25H29BrN6O2. The number of aromatic nitrogens is 2. The Morgan fingerprint density at radius 2 is 2.03 bits per heavy atom. The summed E-state index contributed by atoms with van der Waals surface area (Å²) in [6.45, 7) is 9.44. The molecule has 2 heterocycles. The van der Waals surface area contributed by atoms with Crippen LogP contribution in [0.5, 0.6) is 5.75 Å². The van der Waals surface area contributed by atoms with Crippen molar-refractivity contribution >= 4 is 49.9 Å². The molecule has 0 spiro atoms. The minimum atomic E-state index is -0.306. The first-order valence-corrected chi connectivity index (χ1v) is 12.1. The van der Waals surface area contributed by atoms with Crippen molar-refractivity contribution in [2.75, 3.05) is 57.0 Å². The molecule has 1 aromatic heterocycles. The Labute approximate surface area is 208 Å². The van der Waals surface area contributed by atoms with E-state index in [0.717, 1.165) is 60.2 Å². The van der Waals surface area contributed by atoms with E-state index in [-0.39, 0.29) is 5.91 Å². The maximum absolute atomic E-state index is 12.1. The van der Waals surface area contributed by atoms with Gasteiger partial charge in [0.25, 0.3) is 0 Å². The second-order valence-electron chi connectivity index (χ2n) is 8.26. The van der Waals surface area contributed by atoms with Crippen LogP contribution in [0.3, 0.4) is 0 Å². The van der Waals surface area contributed by atoms with Crippen LogP contribution in [0.4, 0.5) is 17.2 Å². The summed E-state index contributed by atoms with van der Waals surface area (Å²) in [6, 6.07) is 11.5. The van der Waals surface area contributed by atoms with Crippen molar-refractivity contribution in [1.82, 2.24) is 19.8 Å². The molecule has 1 amide bonds. The summed E-state index contributed by atoms with van der Waals surface area (Å²) in [5.41, 5.74) is 2.16. The molecule has 0 unspecified atom stereocenters. The summed E-state index contributed by atoms with van der Waals surface area (Å²) < 4.78 is 7.06. The molecular weight excluding hydrogens is 496 g/mol. The molecule has 8 nitrogen and oxygen atoms in total. The smallest absolute Gasteiger partial charge is 0.247 e. The van der Waals surface area contributed by atoms with Crippen LogP contribution in [0.1, 0.15) is 6.42 Å². The largest absolute Gasteiger partial charge is 0.491 e. The molecule has 0 aliphatic carbocycles. The van der Waals surface area contributed by atoms with Crippen molar-refractivity contribution in [3.63, 3.8) is 0 Å². The van der Waals surface area contributed by atoms with Crippen molar-refractivity contribution in [2.24, 2.45) is 0 Å². The van der Waals surface area contributed by atoms with Crippen LogP contribution < -0.4 is 15.4 Å². The van der Waals surface area contributed by atoms with E-state index in [1.165, 1.54) is 12.4 Å². The van der Waals surface area contributed by atoms with E-state index in [9.17, 15) is 4.79 Å². The number of likely N-dealkylation sites (N-methyl/N-ethyl adjacent to an activating group) is 1. The summed E-state index contributed by atoms with van der Waals surface area (Å²) in [7, 11) is 2.16. The molecule has 0 saturated carbocycles. The van der Waals surface area contributed by atoms with Gasteiger partial charge >= 0.3 is 0 Å². The van der Waals surface area contributed by atoms with E-state index in [1.807, 2.05) is 36.4 Å². The van der Waals surface area contributed by atoms with Gasteiger partial charge in [-0.25, -0.2) is 9.97 Å². The molecule has 0 radical (unpaired) electrons. The molecule has 3 aromatic rings. The van der Waals surface area contributed by atoms with Crippen molar-refractivity contribution in [2.45, 2.75) is 6.42 Å². The van der Waals surface area contributed by atoms with Gasteiger partial charge in [-0.1, -0.05) is 28.6 Å². The topological polar surface area (TPSA) is 82.6 Å². The number of ether oxygens (including phenoxy) is 1. The van der Waals surface area contributed by atoms with E-state index in [4.69, 9.17) is 4.74 Å². The molecule has 2 aromatic carbocycles. The number of halogens is 1. The van der Waals surface area contributed by atoms with Crippen molar-refractivity contribution in [3.8, 4) is 5.75 Å². The van der Waals surface area contributed by atoms with Crippen molar-refractivity contribution in [1.29, 1.82) is 0 Å². The molecule has 178 valence electrons. The highest BCUT2D eigenvalue weighted by molar-refractivity contribution is 9.10. The number of amides is 1. The Balaban J connectivity index is 1.52. The van der Waals surface area contributed by atoms with Gasteiger partial charge in [0.15, 0.2) is 0 Å². The number of hydrogen-bond donors (Lipinski definition) is 2. The van der Waals surface area contributed by atoms with Crippen LogP contribution in [0, 0.1) is 0 Å². The fourth-order valence-electron chi connectivity index (χ4n) is 3.83. The van der Waals surface area contributed by atoms with Gasteiger partial charge in [-0.2, -0.15) is 0 Å². The lowest BCUT2D eigenvalue weighted by Gasteiger charge is -2.32. The number of piperazine rings is 1. The highest BCUT2D eigenvalue weighted by Gasteiger charge is 2.15. The first-order chi connectivity index (χ1) is 16.5. The number of carbonyl (C=O) groups is 1. The molecule has 1 fully saturated rings. The quantitative estimate of drug-likeness (QED) is 0.319. The predicted octanol–water partition coefficient (Wildman–Crippen LogP) is 4.28. The average Bonchev–Trinajstić information content (AvgIpc) is 2.83. The lowest BCUT2D eigenvalue weighted by atomic mass is 10.1. The first kappa shape index (κ1) is 24.1. The minimum Gasteiger partial charge on any atom is -0.491 e. The van der Waals surface area contributed by atoms with Gasteiger partial charge in [0.1, 0.15) is 17.9 Å². The lowest BCUT2D eigenvalue weighted by Crippen LogP contribution is -2.44. The van der Waals surface area contributed by atoms with Crippen LogP contribution in [0.2, 0.25) is 0 Å². The van der Waals surface area contributed by atoms with Gasteiger partial charge in [-0.05, 0) is 43.8 Å². The van der Waals surface area contributed by atoms with Gasteiger partial charge in [-0.3, -0.25) is 4.79 Å². The number of nitrogens with zero attached hydrogens (tertiary/aromatic N) is 4. The highest BCUT2D eigenvalue weighted by Crippen LogP contribution is 2.33. The van der Waals surface area contributed by atoms with E-state index >= 15 is 0 Å². The second kappa shape index (κ2) is 11.4. The van der Waals surface area contributed by atoms with E-state index < -0.39 is 0 Å². The van der Waals surface area contributed by atoms with Gasteiger partial charge in [0.05, 0.1) is 17.8 Å². The van der Waals surface area contributed by atoms with Crippen LogP contribution in [0.25, 0.3) is 10.9 Å². The average molecular weight is 525 g/mol. The molecule has 4 rings (SSSR count). The maximum Gasteiger partial charge on any atom is 0.247 e. The summed E-state index contributed by atoms with van der Waals surface area (Å²) in [4.78, 5) is 25.7. The Kier molecular flexibility index (Phi) is 8.10. The number of nitrogens with one attached hydrogen (secondary N) is 2. The summed E-state index contributed by atoms with van der Waals surface area (Å²) in [5, 5.41) is 6.96. The minimum absolute atomic E-state index is 0.306. The predicted molar refractivity (Wildman–Crippen MR) is 140 cm³/mol. The van der Waals surface area contributed by atoms with Crippen LogP contribution in [-0.4, -0.2) is 72.1 Å². The van der Waals surface area contributed by atoms with Crippen LogP contribution in [0.15, 0.2) is 59.9 Å². The molecule has 34 heavy (non-hydrogen) atoms. The van der Waals surface area contributed by atoms with Gasteiger partial charge < -0.3 is 25.2 Å². The third kappa shape index (κ3) is 6.31. The molecule has 0 bridgehead atoms. The highest BCUT2D eigenvalue weighted by atomic mass is 79.9. The molecule has 1 aliphatic heterocycles. The number of rotatable bonds is 9. The van der Waals surface area contributed by atoms with Crippen molar-refractivity contribution in [3.05, 3.63) is 59.9 Å². The van der Waals surface area contributed by atoms with E-state index in [2.05, 4.69) is 60.0 Å².